The molecule has 3 aromatic rings. The van der Waals surface area contributed by atoms with Crippen molar-refractivity contribution in [1.29, 1.82) is 0 Å². The van der Waals surface area contributed by atoms with E-state index in [0.29, 0.717) is 43.3 Å². The summed E-state index contributed by atoms with van der Waals surface area (Å²) < 4.78 is 29.8. The Bertz CT molecular complexity index is 1450. The van der Waals surface area contributed by atoms with Crippen LogP contribution in [0.4, 0.5) is 9.18 Å². The van der Waals surface area contributed by atoms with Gasteiger partial charge in [-0.3, -0.25) is 4.79 Å². The highest BCUT2D eigenvalue weighted by Crippen LogP contribution is 2.41. The van der Waals surface area contributed by atoms with Crippen molar-refractivity contribution in [1.82, 2.24) is 14.8 Å². The van der Waals surface area contributed by atoms with E-state index in [9.17, 15) is 18.8 Å². The van der Waals surface area contributed by atoms with Crippen molar-refractivity contribution in [3.63, 3.8) is 0 Å². The minimum Gasteiger partial charge on any atom is -0.462 e. The van der Waals surface area contributed by atoms with Crippen LogP contribution in [0, 0.1) is 5.82 Å². The SMILES string of the molecule is CCOC(=O)C1=CN(C(=O)c2ccc(F)cc2)CC(C)(C)c2c1[nH]c1ccc(OC(=O)N3CCOCC3)cc21. The molecular formula is C29H30FN3O6. The molecular weight excluding hydrogens is 505 g/mol. The maximum Gasteiger partial charge on any atom is 0.415 e. The first kappa shape index (κ1) is 26.4. The number of nitrogens with zero attached hydrogens (tertiary/aromatic N) is 2. The number of benzene rings is 2. The van der Waals surface area contributed by atoms with Crippen LogP contribution < -0.4 is 4.74 Å². The molecule has 2 aliphatic rings. The van der Waals surface area contributed by atoms with Crippen molar-refractivity contribution in [2.75, 3.05) is 39.5 Å². The molecule has 0 saturated carbocycles. The average molecular weight is 536 g/mol. The fourth-order valence-corrected chi connectivity index (χ4v) is 5.07. The van der Waals surface area contributed by atoms with Gasteiger partial charge in [0.15, 0.2) is 0 Å². The summed E-state index contributed by atoms with van der Waals surface area (Å²) in [6.45, 7) is 7.87. The zero-order chi connectivity index (χ0) is 27.7. The predicted octanol–water partition coefficient (Wildman–Crippen LogP) is 4.48. The molecule has 204 valence electrons. The fourth-order valence-electron chi connectivity index (χ4n) is 5.07. The number of nitrogens with one attached hydrogen (secondary N) is 1. The van der Waals surface area contributed by atoms with Crippen LogP contribution in [-0.4, -0.2) is 72.2 Å². The zero-order valence-corrected chi connectivity index (χ0v) is 22.1. The van der Waals surface area contributed by atoms with Crippen molar-refractivity contribution in [2.24, 2.45) is 0 Å². The largest absolute Gasteiger partial charge is 0.462 e. The molecule has 9 nitrogen and oxygen atoms in total. The molecule has 1 fully saturated rings. The smallest absolute Gasteiger partial charge is 0.415 e. The molecule has 3 heterocycles. The number of halogens is 1. The monoisotopic (exact) mass is 535 g/mol. The Morgan fingerprint density at radius 1 is 1.08 bits per heavy atom. The van der Waals surface area contributed by atoms with Crippen LogP contribution in [0.3, 0.4) is 0 Å². The summed E-state index contributed by atoms with van der Waals surface area (Å²) in [5.74, 6) is -1.04. The Labute approximate surface area is 225 Å². The molecule has 1 saturated heterocycles. The zero-order valence-electron chi connectivity index (χ0n) is 22.1. The molecule has 0 unspecified atom stereocenters. The third-order valence-electron chi connectivity index (χ3n) is 6.89. The number of morpholine rings is 1. The summed E-state index contributed by atoms with van der Waals surface area (Å²) in [7, 11) is 0. The van der Waals surface area contributed by atoms with Gasteiger partial charge in [0.2, 0.25) is 0 Å². The topological polar surface area (TPSA) is 101 Å². The van der Waals surface area contributed by atoms with Gasteiger partial charge in [0.05, 0.1) is 31.1 Å². The van der Waals surface area contributed by atoms with E-state index in [1.54, 1.807) is 30.0 Å². The van der Waals surface area contributed by atoms with E-state index < -0.39 is 23.3 Å². The average Bonchev–Trinajstić information content (AvgIpc) is 3.25. The molecule has 2 aliphatic heterocycles. The van der Waals surface area contributed by atoms with Crippen molar-refractivity contribution in [3.8, 4) is 5.75 Å². The third kappa shape index (κ3) is 5.24. The molecule has 2 amide bonds. The van der Waals surface area contributed by atoms with E-state index in [-0.39, 0.29) is 24.6 Å². The summed E-state index contributed by atoms with van der Waals surface area (Å²) in [5.41, 5.74) is 1.89. The number of hydrogen-bond donors (Lipinski definition) is 1. The van der Waals surface area contributed by atoms with E-state index in [0.717, 1.165) is 16.5 Å². The standard InChI is InChI=1S/C29H30FN3O6/c1-4-38-27(35)22-16-33(26(34)18-5-7-19(30)8-6-18)17-29(2,3)24-21-15-20(9-10-23(21)31-25(22)24)39-28(36)32-11-13-37-14-12-32/h5-10,15-16,31H,4,11-14,17H2,1-3H3. The van der Waals surface area contributed by atoms with Crippen LogP contribution >= 0.6 is 0 Å². The van der Waals surface area contributed by atoms with Crippen LogP contribution in [-0.2, 0) is 19.7 Å². The van der Waals surface area contributed by atoms with Crippen LogP contribution in [0.5, 0.6) is 5.75 Å². The number of esters is 1. The predicted molar refractivity (Wildman–Crippen MR) is 142 cm³/mol. The van der Waals surface area contributed by atoms with E-state index in [2.05, 4.69) is 4.98 Å². The molecule has 0 bridgehead atoms. The number of aromatic nitrogens is 1. The van der Waals surface area contributed by atoms with Crippen molar-refractivity contribution in [3.05, 3.63) is 71.3 Å². The van der Waals surface area contributed by atoms with E-state index in [1.165, 1.54) is 35.4 Å². The molecule has 10 heteroatoms. The highest BCUT2D eigenvalue weighted by Gasteiger charge is 2.37. The van der Waals surface area contributed by atoms with Crippen LogP contribution in [0.1, 0.15) is 42.4 Å². The number of H-pyrrole nitrogens is 1. The van der Waals surface area contributed by atoms with Gasteiger partial charge in [-0.25, -0.2) is 14.0 Å². The molecule has 1 N–H and O–H groups in total. The van der Waals surface area contributed by atoms with Crippen molar-refractivity contribution < 1.29 is 33.0 Å². The van der Waals surface area contributed by atoms with Crippen LogP contribution in [0.2, 0.25) is 0 Å². The minimum atomic E-state index is -0.652. The summed E-state index contributed by atoms with van der Waals surface area (Å²) in [4.78, 5) is 45.7. The van der Waals surface area contributed by atoms with Gasteiger partial charge in [0.25, 0.3) is 5.91 Å². The van der Waals surface area contributed by atoms with Crippen LogP contribution in [0.15, 0.2) is 48.7 Å². The molecule has 1 aromatic heterocycles. The number of aromatic amines is 1. The van der Waals surface area contributed by atoms with Gasteiger partial charge in [0.1, 0.15) is 11.6 Å². The quantitative estimate of drug-likeness (QED) is 0.495. The summed E-state index contributed by atoms with van der Waals surface area (Å²) >= 11 is 0. The van der Waals surface area contributed by atoms with E-state index >= 15 is 0 Å². The number of rotatable bonds is 4. The molecule has 0 atom stereocenters. The second kappa shape index (κ2) is 10.5. The highest BCUT2D eigenvalue weighted by molar-refractivity contribution is 6.18. The first-order chi connectivity index (χ1) is 18.7. The first-order valence-corrected chi connectivity index (χ1v) is 12.8. The van der Waals surface area contributed by atoms with Crippen molar-refractivity contribution >= 4 is 34.4 Å². The number of fused-ring (bicyclic) bond motifs is 3. The second-order valence-electron chi connectivity index (χ2n) is 10.1. The van der Waals surface area contributed by atoms with Gasteiger partial charge in [-0.2, -0.15) is 0 Å². The lowest BCUT2D eigenvalue weighted by atomic mass is 9.81. The minimum absolute atomic E-state index is 0.155. The Morgan fingerprint density at radius 2 is 1.79 bits per heavy atom. The fraction of sp³-hybridized carbons (Fsp3) is 0.345. The molecule has 39 heavy (non-hydrogen) atoms. The summed E-state index contributed by atoms with van der Waals surface area (Å²) in [5, 5.41) is 0.758. The Hall–Kier alpha value is -4.18. The molecule has 0 radical (unpaired) electrons. The Morgan fingerprint density at radius 3 is 2.49 bits per heavy atom. The lowest BCUT2D eigenvalue weighted by Gasteiger charge is -2.30. The number of carbonyl (C=O) groups is 3. The lowest BCUT2D eigenvalue weighted by molar-refractivity contribution is -0.136. The highest BCUT2D eigenvalue weighted by atomic mass is 19.1. The van der Waals surface area contributed by atoms with Crippen LogP contribution in [0.25, 0.3) is 16.5 Å². The van der Waals surface area contributed by atoms with Crippen molar-refractivity contribution in [2.45, 2.75) is 26.2 Å². The first-order valence-electron chi connectivity index (χ1n) is 12.8. The Kier molecular flexibility index (Phi) is 7.14. The number of amides is 2. The number of hydrogen-bond acceptors (Lipinski definition) is 6. The van der Waals surface area contributed by atoms with Gasteiger partial charge >= 0.3 is 12.1 Å². The summed E-state index contributed by atoms with van der Waals surface area (Å²) in [6, 6.07) is 10.5. The van der Waals surface area contributed by atoms with Gasteiger partial charge in [-0.05, 0) is 55.0 Å². The van der Waals surface area contributed by atoms with Gasteiger partial charge in [-0.1, -0.05) is 13.8 Å². The Balaban J connectivity index is 1.56. The third-order valence-corrected chi connectivity index (χ3v) is 6.89. The summed E-state index contributed by atoms with van der Waals surface area (Å²) in [6.07, 6.45) is 1.04. The van der Waals surface area contributed by atoms with E-state index in [4.69, 9.17) is 14.2 Å². The lowest BCUT2D eigenvalue weighted by Crippen LogP contribution is -2.42. The van der Waals surface area contributed by atoms with Gasteiger partial charge in [-0.15, -0.1) is 0 Å². The maximum absolute atomic E-state index is 13.5. The molecule has 2 aromatic carbocycles. The maximum atomic E-state index is 13.5. The molecule has 0 aliphatic carbocycles. The number of ether oxygens (including phenoxy) is 3. The number of carbonyl (C=O) groups excluding carboxylic acids is 3. The van der Waals surface area contributed by atoms with Gasteiger partial charge < -0.3 is 29.0 Å². The molecule has 5 rings (SSSR count). The normalized spacial score (nSPS) is 16.8. The molecule has 0 spiro atoms. The second-order valence-corrected chi connectivity index (χ2v) is 10.1. The van der Waals surface area contributed by atoms with E-state index in [1.807, 2.05) is 13.8 Å². The van der Waals surface area contributed by atoms with Gasteiger partial charge in [0, 0.05) is 47.7 Å².